The minimum atomic E-state index is 0.110. The Kier molecular flexibility index (Phi) is 4.68. The highest BCUT2D eigenvalue weighted by Crippen LogP contribution is 2.48. The lowest BCUT2D eigenvalue weighted by Crippen LogP contribution is -2.39. The maximum absolute atomic E-state index is 5.95. The van der Waals surface area contributed by atoms with E-state index in [1.807, 2.05) is 0 Å². The van der Waals surface area contributed by atoms with Crippen LogP contribution in [0.4, 0.5) is 0 Å². The fourth-order valence-electron chi connectivity index (χ4n) is 3.63. The summed E-state index contributed by atoms with van der Waals surface area (Å²) >= 11 is 0. The molecule has 0 bridgehead atoms. The van der Waals surface area contributed by atoms with E-state index < -0.39 is 0 Å². The van der Waals surface area contributed by atoms with E-state index in [4.69, 9.17) is 9.47 Å². The second-order valence-electron chi connectivity index (χ2n) is 6.80. The van der Waals surface area contributed by atoms with Crippen LogP contribution in [-0.4, -0.2) is 38.5 Å². The summed E-state index contributed by atoms with van der Waals surface area (Å²) in [5.74, 6) is 0. The van der Waals surface area contributed by atoms with Crippen molar-refractivity contribution in [1.82, 2.24) is 5.32 Å². The zero-order chi connectivity index (χ0) is 13.1. The van der Waals surface area contributed by atoms with Crippen LogP contribution in [0.2, 0.25) is 0 Å². The molecule has 2 rings (SSSR count). The van der Waals surface area contributed by atoms with Crippen molar-refractivity contribution in [2.24, 2.45) is 5.41 Å². The molecule has 2 fully saturated rings. The Balaban J connectivity index is 1.68. The summed E-state index contributed by atoms with van der Waals surface area (Å²) in [4.78, 5) is 0. The normalized spacial score (nSPS) is 35.2. The van der Waals surface area contributed by atoms with Crippen LogP contribution in [0.15, 0.2) is 0 Å². The monoisotopic (exact) mass is 255 g/mol. The Hall–Kier alpha value is -0.120. The predicted octanol–water partition coefficient (Wildman–Crippen LogP) is 2.74. The zero-order valence-electron chi connectivity index (χ0n) is 12.3. The molecular weight excluding hydrogens is 226 g/mol. The van der Waals surface area contributed by atoms with Gasteiger partial charge in [0.05, 0.1) is 12.2 Å². The topological polar surface area (TPSA) is 30.5 Å². The third-order valence-electron chi connectivity index (χ3n) is 4.57. The summed E-state index contributed by atoms with van der Waals surface area (Å²) in [6.45, 7) is 7.41. The van der Waals surface area contributed by atoms with Gasteiger partial charge in [-0.15, -0.1) is 0 Å². The first-order chi connectivity index (χ1) is 8.55. The summed E-state index contributed by atoms with van der Waals surface area (Å²) < 4.78 is 11.0. The van der Waals surface area contributed by atoms with E-state index >= 15 is 0 Å². The number of rotatable bonds is 5. The minimum absolute atomic E-state index is 0.110. The lowest BCUT2D eigenvalue weighted by atomic mass is 9.70. The highest BCUT2D eigenvalue weighted by molar-refractivity contribution is 4.96. The number of hydrogen-bond donors (Lipinski definition) is 1. The van der Waals surface area contributed by atoms with Gasteiger partial charge in [0.1, 0.15) is 0 Å². The Morgan fingerprint density at radius 1 is 1.28 bits per heavy atom. The standard InChI is InChI=1S/C15H29NO2/c1-14(2)11-15(12-18-14)7-5-13(6-8-15)16-9-4-10-17-3/h13,16H,4-12H2,1-3H3. The average molecular weight is 255 g/mol. The van der Waals surface area contributed by atoms with Gasteiger partial charge in [-0.1, -0.05) is 0 Å². The number of nitrogens with one attached hydrogen (secondary N) is 1. The molecule has 3 heteroatoms. The third-order valence-corrected chi connectivity index (χ3v) is 4.57. The predicted molar refractivity (Wildman–Crippen MR) is 73.8 cm³/mol. The van der Waals surface area contributed by atoms with Crippen molar-refractivity contribution in [2.45, 2.75) is 64.0 Å². The third kappa shape index (κ3) is 3.69. The molecule has 1 aliphatic carbocycles. The van der Waals surface area contributed by atoms with Crippen molar-refractivity contribution in [3.05, 3.63) is 0 Å². The lowest BCUT2D eigenvalue weighted by molar-refractivity contribution is 0.0277. The molecule has 0 amide bonds. The van der Waals surface area contributed by atoms with Gasteiger partial charge in [-0.25, -0.2) is 0 Å². The zero-order valence-corrected chi connectivity index (χ0v) is 12.3. The molecule has 0 aromatic carbocycles. The second kappa shape index (κ2) is 5.89. The van der Waals surface area contributed by atoms with E-state index in [1.54, 1.807) is 7.11 Å². The van der Waals surface area contributed by atoms with Crippen LogP contribution in [0.5, 0.6) is 0 Å². The summed E-state index contributed by atoms with van der Waals surface area (Å²) in [7, 11) is 1.77. The van der Waals surface area contributed by atoms with Crippen molar-refractivity contribution in [3.63, 3.8) is 0 Å². The average Bonchev–Trinajstić information content (AvgIpc) is 2.63. The Bertz CT molecular complexity index is 257. The van der Waals surface area contributed by atoms with Crippen LogP contribution < -0.4 is 5.32 Å². The molecule has 1 aliphatic heterocycles. The first kappa shape index (κ1) is 14.3. The summed E-state index contributed by atoms with van der Waals surface area (Å²) in [6.07, 6.45) is 7.65. The maximum atomic E-state index is 5.95. The molecule has 0 aromatic rings. The quantitative estimate of drug-likeness (QED) is 0.766. The van der Waals surface area contributed by atoms with Crippen LogP contribution in [0.3, 0.4) is 0 Å². The molecule has 1 N–H and O–H groups in total. The molecule has 0 atom stereocenters. The van der Waals surface area contributed by atoms with Gasteiger partial charge in [-0.05, 0) is 64.3 Å². The van der Waals surface area contributed by atoms with Gasteiger partial charge in [0, 0.05) is 19.8 Å². The van der Waals surface area contributed by atoms with E-state index in [0.717, 1.165) is 32.2 Å². The molecule has 1 saturated carbocycles. The van der Waals surface area contributed by atoms with Crippen LogP contribution in [0.25, 0.3) is 0 Å². The van der Waals surface area contributed by atoms with Crippen molar-refractivity contribution in [2.75, 3.05) is 26.9 Å². The van der Waals surface area contributed by atoms with E-state index in [1.165, 1.54) is 32.1 Å². The number of hydrogen-bond acceptors (Lipinski definition) is 3. The molecule has 2 aliphatic rings. The second-order valence-corrected chi connectivity index (χ2v) is 6.80. The van der Waals surface area contributed by atoms with Crippen LogP contribution in [0, 0.1) is 5.41 Å². The molecule has 1 saturated heterocycles. The van der Waals surface area contributed by atoms with Crippen molar-refractivity contribution < 1.29 is 9.47 Å². The van der Waals surface area contributed by atoms with Crippen LogP contribution in [-0.2, 0) is 9.47 Å². The molecule has 1 heterocycles. The Morgan fingerprint density at radius 2 is 2.00 bits per heavy atom. The highest BCUT2D eigenvalue weighted by Gasteiger charge is 2.45. The van der Waals surface area contributed by atoms with E-state index in [0.29, 0.717) is 5.41 Å². The molecule has 3 nitrogen and oxygen atoms in total. The van der Waals surface area contributed by atoms with E-state index in [-0.39, 0.29) is 5.60 Å². The summed E-state index contributed by atoms with van der Waals surface area (Å²) in [5, 5.41) is 3.66. The summed E-state index contributed by atoms with van der Waals surface area (Å²) in [6, 6.07) is 0.719. The van der Waals surface area contributed by atoms with Crippen LogP contribution in [0.1, 0.15) is 52.4 Å². The van der Waals surface area contributed by atoms with E-state index in [2.05, 4.69) is 19.2 Å². The molecule has 106 valence electrons. The number of ether oxygens (including phenoxy) is 2. The van der Waals surface area contributed by atoms with Gasteiger partial charge in [-0.2, -0.15) is 0 Å². The van der Waals surface area contributed by atoms with Crippen molar-refractivity contribution >= 4 is 0 Å². The van der Waals surface area contributed by atoms with Gasteiger partial charge in [-0.3, -0.25) is 0 Å². The first-order valence-electron chi connectivity index (χ1n) is 7.42. The lowest BCUT2D eigenvalue weighted by Gasteiger charge is -2.37. The van der Waals surface area contributed by atoms with Gasteiger partial charge < -0.3 is 14.8 Å². The fourth-order valence-corrected chi connectivity index (χ4v) is 3.63. The van der Waals surface area contributed by atoms with Gasteiger partial charge >= 0.3 is 0 Å². The smallest absolute Gasteiger partial charge is 0.0632 e. The van der Waals surface area contributed by atoms with Gasteiger partial charge in [0.25, 0.3) is 0 Å². The van der Waals surface area contributed by atoms with Crippen molar-refractivity contribution in [1.29, 1.82) is 0 Å². The van der Waals surface area contributed by atoms with Crippen molar-refractivity contribution in [3.8, 4) is 0 Å². The largest absolute Gasteiger partial charge is 0.385 e. The minimum Gasteiger partial charge on any atom is -0.385 e. The highest BCUT2D eigenvalue weighted by atomic mass is 16.5. The fraction of sp³-hybridized carbons (Fsp3) is 1.00. The molecular formula is C15H29NO2. The molecule has 18 heavy (non-hydrogen) atoms. The Morgan fingerprint density at radius 3 is 2.56 bits per heavy atom. The Labute approximate surface area is 112 Å². The first-order valence-corrected chi connectivity index (χ1v) is 7.42. The summed E-state index contributed by atoms with van der Waals surface area (Å²) in [5.41, 5.74) is 0.604. The molecule has 1 spiro atoms. The van der Waals surface area contributed by atoms with Gasteiger partial charge in [0.2, 0.25) is 0 Å². The molecule has 0 unspecified atom stereocenters. The molecule has 0 radical (unpaired) electrons. The van der Waals surface area contributed by atoms with Crippen LogP contribution >= 0.6 is 0 Å². The maximum Gasteiger partial charge on any atom is 0.0632 e. The van der Waals surface area contributed by atoms with Gasteiger partial charge in [0.15, 0.2) is 0 Å². The molecule has 0 aromatic heterocycles. The van der Waals surface area contributed by atoms with E-state index in [9.17, 15) is 0 Å². The number of methoxy groups -OCH3 is 1. The SMILES string of the molecule is COCCCNC1CCC2(CC1)COC(C)(C)C2.